The van der Waals surface area contributed by atoms with Gasteiger partial charge in [0.25, 0.3) is 0 Å². The molecule has 18 heavy (non-hydrogen) atoms. The Morgan fingerprint density at radius 3 is 2.50 bits per heavy atom. The molecule has 0 spiro atoms. The van der Waals surface area contributed by atoms with E-state index in [1.807, 2.05) is 42.5 Å². The van der Waals surface area contributed by atoms with E-state index in [1.54, 1.807) is 6.20 Å². The number of rotatable bonds is 4. The quantitative estimate of drug-likeness (QED) is 0.855. The zero-order chi connectivity index (χ0) is 13.0. The van der Waals surface area contributed by atoms with Crippen molar-refractivity contribution in [2.45, 2.75) is 12.5 Å². The number of benzene rings is 1. The number of carbonyl (C=O) groups is 1. The van der Waals surface area contributed by atoms with E-state index in [2.05, 4.69) is 4.98 Å². The van der Waals surface area contributed by atoms with Crippen LogP contribution in [-0.2, 0) is 11.2 Å². The molecule has 0 saturated carbocycles. The van der Waals surface area contributed by atoms with Gasteiger partial charge in [-0.25, -0.2) is 0 Å². The minimum absolute atomic E-state index is 0.331. The first-order valence-electron chi connectivity index (χ1n) is 5.65. The van der Waals surface area contributed by atoms with Crippen molar-refractivity contribution in [1.29, 1.82) is 0 Å². The Labute approximate surface area is 105 Å². The molecule has 0 aliphatic carbocycles. The number of hydrogen-bond donors (Lipinski definition) is 2. The monoisotopic (exact) mass is 242 g/mol. The van der Waals surface area contributed by atoms with Crippen molar-refractivity contribution in [1.82, 2.24) is 4.98 Å². The average Bonchev–Trinajstić information content (AvgIpc) is 2.40. The van der Waals surface area contributed by atoms with Gasteiger partial charge in [-0.05, 0) is 24.1 Å². The minimum atomic E-state index is -0.983. The van der Waals surface area contributed by atoms with Crippen molar-refractivity contribution < 1.29 is 9.90 Å². The Bertz CT molecular complexity index is 523. The van der Waals surface area contributed by atoms with E-state index < -0.39 is 12.0 Å². The molecule has 2 rings (SSSR count). The maximum Gasteiger partial charge on any atom is 0.320 e. The zero-order valence-electron chi connectivity index (χ0n) is 9.78. The van der Waals surface area contributed by atoms with Crippen LogP contribution in [0.2, 0.25) is 0 Å². The Morgan fingerprint density at radius 2 is 1.94 bits per heavy atom. The molecule has 0 aliphatic rings. The summed E-state index contributed by atoms with van der Waals surface area (Å²) in [7, 11) is 0. The second-order valence-corrected chi connectivity index (χ2v) is 4.06. The summed E-state index contributed by atoms with van der Waals surface area (Å²) in [4.78, 5) is 14.9. The molecule has 0 bridgehead atoms. The highest BCUT2D eigenvalue weighted by molar-refractivity contribution is 5.73. The average molecular weight is 242 g/mol. The van der Waals surface area contributed by atoms with E-state index in [0.29, 0.717) is 6.42 Å². The fraction of sp³-hybridized carbons (Fsp3) is 0.143. The normalized spacial score (nSPS) is 12.1. The van der Waals surface area contributed by atoms with E-state index >= 15 is 0 Å². The first-order valence-corrected chi connectivity index (χ1v) is 5.65. The Kier molecular flexibility index (Phi) is 3.69. The summed E-state index contributed by atoms with van der Waals surface area (Å²) >= 11 is 0. The number of hydrogen-bond acceptors (Lipinski definition) is 3. The van der Waals surface area contributed by atoms with Crippen LogP contribution in [0.3, 0.4) is 0 Å². The van der Waals surface area contributed by atoms with Crippen LogP contribution in [0.1, 0.15) is 5.56 Å². The van der Waals surface area contributed by atoms with Gasteiger partial charge in [-0.15, -0.1) is 0 Å². The van der Waals surface area contributed by atoms with Crippen LogP contribution in [0.5, 0.6) is 0 Å². The van der Waals surface area contributed by atoms with Crippen LogP contribution in [-0.4, -0.2) is 22.1 Å². The fourth-order valence-electron chi connectivity index (χ4n) is 1.69. The molecule has 92 valence electrons. The third kappa shape index (κ3) is 2.93. The van der Waals surface area contributed by atoms with Crippen molar-refractivity contribution in [3.63, 3.8) is 0 Å². The molecule has 1 aromatic heterocycles. The summed E-state index contributed by atoms with van der Waals surface area (Å²) in [5.74, 6) is -0.983. The molecule has 0 radical (unpaired) electrons. The van der Waals surface area contributed by atoms with Gasteiger partial charge in [-0.2, -0.15) is 0 Å². The molecule has 1 unspecified atom stereocenters. The van der Waals surface area contributed by atoms with Crippen LogP contribution in [0.25, 0.3) is 11.3 Å². The molecule has 1 atom stereocenters. The standard InChI is InChI=1S/C14H14N2O2/c15-12(14(17)18)9-10-4-6-11(7-5-10)13-3-1-2-8-16-13/h1-8,12H,9,15H2,(H,17,18). The third-order valence-corrected chi connectivity index (χ3v) is 2.69. The summed E-state index contributed by atoms with van der Waals surface area (Å²) in [5, 5.41) is 8.74. The number of aromatic nitrogens is 1. The van der Waals surface area contributed by atoms with Gasteiger partial charge in [0.1, 0.15) is 6.04 Å². The van der Waals surface area contributed by atoms with E-state index in [0.717, 1.165) is 16.8 Å². The topological polar surface area (TPSA) is 76.2 Å². The van der Waals surface area contributed by atoms with E-state index in [9.17, 15) is 4.79 Å². The maximum absolute atomic E-state index is 10.7. The summed E-state index contributed by atoms with van der Waals surface area (Å²) < 4.78 is 0. The zero-order valence-corrected chi connectivity index (χ0v) is 9.78. The highest BCUT2D eigenvalue weighted by Crippen LogP contribution is 2.17. The third-order valence-electron chi connectivity index (χ3n) is 2.69. The van der Waals surface area contributed by atoms with Gasteiger partial charge in [-0.1, -0.05) is 30.3 Å². The van der Waals surface area contributed by atoms with Gasteiger partial charge in [0.15, 0.2) is 0 Å². The molecule has 2 aromatic rings. The van der Waals surface area contributed by atoms with Gasteiger partial charge < -0.3 is 10.8 Å². The Morgan fingerprint density at radius 1 is 1.22 bits per heavy atom. The molecule has 1 aromatic carbocycles. The largest absolute Gasteiger partial charge is 0.480 e. The number of carboxylic acids is 1. The molecule has 0 fully saturated rings. The molecule has 4 nitrogen and oxygen atoms in total. The first kappa shape index (κ1) is 12.3. The highest BCUT2D eigenvalue weighted by atomic mass is 16.4. The highest BCUT2D eigenvalue weighted by Gasteiger charge is 2.11. The summed E-state index contributed by atoms with van der Waals surface area (Å²) in [6.45, 7) is 0. The lowest BCUT2D eigenvalue weighted by Crippen LogP contribution is -2.32. The number of nitrogens with zero attached hydrogens (tertiary/aromatic N) is 1. The van der Waals surface area contributed by atoms with Gasteiger partial charge >= 0.3 is 5.97 Å². The molecule has 4 heteroatoms. The van der Waals surface area contributed by atoms with Crippen LogP contribution in [0, 0.1) is 0 Å². The summed E-state index contributed by atoms with van der Waals surface area (Å²) in [5.41, 5.74) is 8.29. The van der Waals surface area contributed by atoms with Gasteiger partial charge in [0.2, 0.25) is 0 Å². The Hall–Kier alpha value is -2.20. The van der Waals surface area contributed by atoms with Crippen molar-refractivity contribution in [2.75, 3.05) is 0 Å². The second-order valence-electron chi connectivity index (χ2n) is 4.06. The predicted molar refractivity (Wildman–Crippen MR) is 69.0 cm³/mol. The summed E-state index contributed by atoms with van der Waals surface area (Å²) in [6, 6.07) is 12.5. The van der Waals surface area contributed by atoms with Gasteiger partial charge in [-0.3, -0.25) is 9.78 Å². The van der Waals surface area contributed by atoms with Crippen LogP contribution in [0.4, 0.5) is 0 Å². The molecule has 0 aliphatic heterocycles. The van der Waals surface area contributed by atoms with E-state index in [1.165, 1.54) is 0 Å². The first-order chi connectivity index (χ1) is 8.66. The van der Waals surface area contributed by atoms with Crippen molar-refractivity contribution in [3.8, 4) is 11.3 Å². The number of nitrogens with two attached hydrogens (primary N) is 1. The van der Waals surface area contributed by atoms with Crippen molar-refractivity contribution in [3.05, 3.63) is 54.2 Å². The van der Waals surface area contributed by atoms with E-state index in [4.69, 9.17) is 10.8 Å². The van der Waals surface area contributed by atoms with Gasteiger partial charge in [0, 0.05) is 11.8 Å². The lowest BCUT2D eigenvalue weighted by atomic mass is 10.0. The van der Waals surface area contributed by atoms with E-state index in [-0.39, 0.29) is 0 Å². The van der Waals surface area contributed by atoms with Crippen LogP contribution in [0.15, 0.2) is 48.7 Å². The summed E-state index contributed by atoms with van der Waals surface area (Å²) in [6.07, 6.45) is 2.07. The smallest absolute Gasteiger partial charge is 0.320 e. The number of pyridine rings is 1. The lowest BCUT2D eigenvalue weighted by Gasteiger charge is -2.07. The second kappa shape index (κ2) is 5.42. The maximum atomic E-state index is 10.7. The van der Waals surface area contributed by atoms with Crippen molar-refractivity contribution in [2.24, 2.45) is 5.73 Å². The number of aliphatic carboxylic acids is 1. The molecular weight excluding hydrogens is 228 g/mol. The molecule has 0 saturated heterocycles. The SMILES string of the molecule is NC(Cc1ccc(-c2ccccn2)cc1)C(=O)O. The van der Waals surface area contributed by atoms with Crippen molar-refractivity contribution >= 4 is 5.97 Å². The molecule has 1 heterocycles. The molecule has 3 N–H and O–H groups in total. The lowest BCUT2D eigenvalue weighted by molar-refractivity contribution is -0.138. The molecular formula is C14H14N2O2. The molecule has 0 amide bonds. The predicted octanol–water partition coefficient (Wildman–Crippen LogP) is 1.70. The van der Waals surface area contributed by atoms with Crippen LogP contribution >= 0.6 is 0 Å². The number of carboxylic acid groups (broad SMARTS) is 1. The van der Waals surface area contributed by atoms with Gasteiger partial charge in [0.05, 0.1) is 5.69 Å². The Balaban J connectivity index is 2.13. The van der Waals surface area contributed by atoms with Crippen LogP contribution < -0.4 is 5.73 Å². The fourth-order valence-corrected chi connectivity index (χ4v) is 1.69. The minimum Gasteiger partial charge on any atom is -0.480 e.